The van der Waals surface area contributed by atoms with Crippen LogP contribution in [0.3, 0.4) is 0 Å². The molecule has 0 unspecified atom stereocenters. The summed E-state index contributed by atoms with van der Waals surface area (Å²) in [5, 5.41) is 16.0. The van der Waals surface area contributed by atoms with Gasteiger partial charge in [-0.25, -0.2) is 0 Å². The van der Waals surface area contributed by atoms with Crippen LogP contribution in [0.25, 0.3) is 109 Å². The Balaban J connectivity index is 1.54. The SMILES string of the molecule is B=C(/C(B)=C(B)\C(B)=C(\B)C)c1c(-c2c(B)c(B)c3oc4c(B)c(B)c(B)c(B)c4c3c2B)c(B)c(-c2c(B)c(B)c3c(B)c(B)c4c(B)c(B)c(B)c(C#C)c4c3c2CB)c(B)c1-c1c(B)c(B)c2c(B)c(B)c3c(B)c(B)c(B)c4c(B)c(B)c1c2c34. The van der Waals surface area contributed by atoms with Gasteiger partial charge in [0.15, 0.2) is 0 Å². The summed E-state index contributed by atoms with van der Waals surface area (Å²) in [5.74, 6) is 3.34. The molecule has 0 amide bonds. The molecular formula is C57H67B31O. The topological polar surface area (TPSA) is 13.1 Å². The molecule has 0 aliphatic carbocycles. The van der Waals surface area contributed by atoms with Gasteiger partial charge in [-0.15, -0.1) is 0 Å². The minimum atomic E-state index is 0.814. The maximum atomic E-state index is 7.27. The molecule has 394 valence electrons. The van der Waals surface area contributed by atoms with E-state index in [4.69, 9.17) is 18.3 Å². The molecular weight excluding hydrogens is 1040 g/mol. The summed E-state index contributed by atoms with van der Waals surface area (Å²) in [4.78, 5) is 0. The second kappa shape index (κ2) is 22.4. The Morgan fingerprint density at radius 3 is 1.11 bits per heavy atom. The Morgan fingerprint density at radius 2 is 0.640 bits per heavy atom. The Bertz CT molecular complexity index is 5350. The Labute approximate surface area is 558 Å². The first-order chi connectivity index (χ1) is 41.6. The summed E-state index contributed by atoms with van der Waals surface area (Å²) < 4.78 is 7.27. The van der Waals surface area contributed by atoms with Crippen LogP contribution < -0.4 is 137 Å². The van der Waals surface area contributed by atoms with E-state index in [1.807, 2.05) is 0 Å². The Morgan fingerprint density at radius 1 is 0.315 bits per heavy atom. The van der Waals surface area contributed by atoms with Gasteiger partial charge in [0, 0.05) is 0 Å². The summed E-state index contributed by atoms with van der Waals surface area (Å²) >= 11 is 0. The van der Waals surface area contributed by atoms with Crippen LogP contribution in [0.2, 0.25) is 0 Å². The fraction of sp³-hybridized carbons (Fsp3) is 0.0351. The van der Waals surface area contributed by atoms with Crippen LogP contribution in [0.15, 0.2) is 26.3 Å². The zero-order valence-electron chi connectivity index (χ0n) is 60.4. The first-order valence-corrected chi connectivity index (χ1v) is 32.9. The second-order valence-electron chi connectivity index (χ2n) is 28.2. The van der Waals surface area contributed by atoms with Gasteiger partial charge in [-0.1, -0.05) is 0 Å². The third-order valence-corrected chi connectivity index (χ3v) is 24.6. The molecule has 32 heteroatoms. The molecule has 0 aliphatic heterocycles. The van der Waals surface area contributed by atoms with E-state index in [-0.39, 0.29) is 0 Å². The average molecular weight is 1100 g/mol. The van der Waals surface area contributed by atoms with E-state index in [2.05, 4.69) is 248 Å². The number of rotatable bonds is 7. The van der Waals surface area contributed by atoms with Crippen molar-refractivity contribution >= 4 is 461 Å². The molecule has 1 nitrogen and oxygen atoms in total. The molecule has 0 saturated heterocycles. The van der Waals surface area contributed by atoms with Crippen LogP contribution in [0.4, 0.5) is 0 Å². The summed E-state index contributed by atoms with van der Waals surface area (Å²) in [7, 11) is 76.2. The number of hydrogen-bond acceptors (Lipinski definition) is 1. The van der Waals surface area contributed by atoms with Crippen LogP contribution in [0.1, 0.15) is 23.6 Å². The predicted octanol–water partition coefficient (Wildman–Crippen LogP) is -34.2. The minimum absolute atomic E-state index is 0.814. The quantitative estimate of drug-likeness (QED) is 0.0671. The van der Waals surface area contributed by atoms with E-state index in [1.54, 1.807) is 0 Å². The van der Waals surface area contributed by atoms with Crippen LogP contribution in [0.5, 0.6) is 0 Å². The molecule has 11 rings (SSSR count). The second-order valence-corrected chi connectivity index (χ2v) is 28.2. The van der Waals surface area contributed by atoms with Crippen molar-refractivity contribution in [3.8, 4) is 45.7 Å². The number of furan rings is 1. The van der Waals surface area contributed by atoms with E-state index in [0.717, 1.165) is 28.5 Å². The Hall–Kier alpha value is -5.52. The summed E-state index contributed by atoms with van der Waals surface area (Å²) in [6, 6.07) is 0. The molecule has 0 saturated carbocycles. The van der Waals surface area contributed by atoms with Gasteiger partial charge in [-0.3, -0.25) is 0 Å². The van der Waals surface area contributed by atoms with E-state index < -0.39 is 0 Å². The zero-order chi connectivity index (χ0) is 65.7. The van der Waals surface area contributed by atoms with Gasteiger partial charge in [0.2, 0.25) is 0 Å². The number of terminal acetylenes is 1. The van der Waals surface area contributed by atoms with Gasteiger partial charge in [0.25, 0.3) is 0 Å². The predicted molar refractivity (Wildman–Crippen MR) is 499 cm³/mol. The van der Waals surface area contributed by atoms with Crippen molar-refractivity contribution < 1.29 is 4.42 Å². The van der Waals surface area contributed by atoms with Gasteiger partial charge >= 0.3 is 555 Å². The molecule has 0 aliphatic rings. The van der Waals surface area contributed by atoms with Crippen molar-refractivity contribution in [2.45, 2.75) is 13.2 Å². The molecule has 0 spiro atoms. The molecule has 0 bridgehead atoms. The van der Waals surface area contributed by atoms with Crippen molar-refractivity contribution in [2.75, 3.05) is 0 Å². The molecule has 11 aromatic rings. The molecule has 10 aromatic carbocycles. The van der Waals surface area contributed by atoms with Crippen molar-refractivity contribution in [3.63, 3.8) is 0 Å². The van der Waals surface area contributed by atoms with Crippen LogP contribution in [-0.4, -0.2) is 248 Å². The molecule has 0 atom stereocenters. The van der Waals surface area contributed by atoms with Crippen molar-refractivity contribution in [3.05, 3.63) is 38.6 Å². The van der Waals surface area contributed by atoms with Crippen LogP contribution in [-0.2, 0) is 6.32 Å². The molecule has 89 heavy (non-hydrogen) atoms. The van der Waals surface area contributed by atoms with Gasteiger partial charge < -0.3 is 0 Å². The van der Waals surface area contributed by atoms with E-state index in [9.17, 15) is 0 Å². The number of benzene rings is 10. The summed E-state index contributed by atoms with van der Waals surface area (Å²) in [5.41, 5.74) is 52.2. The standard InChI is InChI=1S/C57H67B31O/c1-3-6-8-9-7(4-58)10(32(65)36(69)19(9)38(71)37(70)18(8)43(76)49(82)28(6)61)20-29(62)14(15-13-11-12-22(40(73)33(13)66)44(77)50(83)45(78)23(12)42(75)41(74)21(11)39(72)34(15)67)16(35(68)51(84)48(81)27(60)5(2)59)17(30(20)63)24-31(64)25-26-47(80)52(85)53(86)55(88)57(26)89-56(25)54(87)46(24)79/h1,68H,4,58-67,69-88H2,2H3/b27-5-,51-48-. The molecule has 1 heterocycles. The number of hydrogen-bond donors (Lipinski definition) is 0. The van der Waals surface area contributed by atoms with Gasteiger partial charge in [-0.05, 0) is 0 Å². The summed E-state index contributed by atoms with van der Waals surface area (Å²) in [6.45, 7) is 2.25. The Kier molecular flexibility index (Phi) is 16.3. The van der Waals surface area contributed by atoms with Crippen molar-refractivity contribution in [1.82, 2.24) is 0 Å². The first-order valence-electron chi connectivity index (χ1n) is 32.9. The van der Waals surface area contributed by atoms with Crippen molar-refractivity contribution in [2.24, 2.45) is 0 Å². The van der Waals surface area contributed by atoms with Gasteiger partial charge in [0.05, 0.1) is 0 Å². The molecule has 1 aromatic heterocycles. The molecule has 0 radical (unpaired) electrons. The van der Waals surface area contributed by atoms with E-state index in [0.29, 0.717) is 0 Å². The van der Waals surface area contributed by atoms with Crippen LogP contribution >= 0.6 is 0 Å². The van der Waals surface area contributed by atoms with Crippen molar-refractivity contribution in [1.29, 1.82) is 0 Å². The normalized spacial score (nSPS) is 12.5. The van der Waals surface area contributed by atoms with E-state index in [1.165, 1.54) is 268 Å². The fourth-order valence-electron chi connectivity index (χ4n) is 17.6. The molecule has 0 fully saturated rings. The van der Waals surface area contributed by atoms with E-state index >= 15 is 0 Å². The fourth-order valence-corrected chi connectivity index (χ4v) is 17.6. The van der Waals surface area contributed by atoms with Gasteiger partial charge in [-0.2, -0.15) is 0 Å². The third kappa shape index (κ3) is 8.52. The average Bonchev–Trinajstić information content (AvgIpc) is 1.03. The maximum absolute atomic E-state index is 7.27. The zero-order valence-corrected chi connectivity index (χ0v) is 60.4. The monoisotopic (exact) mass is 1110 g/mol. The first kappa shape index (κ1) is 65.0. The molecule has 0 N–H and O–H groups in total. The number of allylic oxidation sites excluding steroid dienone is 4. The van der Waals surface area contributed by atoms with Crippen LogP contribution in [0, 0.1) is 12.3 Å². The van der Waals surface area contributed by atoms with Gasteiger partial charge in [0.1, 0.15) is 7.85 Å². The number of fused-ring (bicyclic) bond motifs is 6. The summed E-state index contributed by atoms with van der Waals surface area (Å²) in [6.07, 6.45) is 7.64. The third-order valence-electron chi connectivity index (χ3n) is 24.6.